The lowest BCUT2D eigenvalue weighted by atomic mass is 9.94. The molecular formula is C22H19FN4O3. The zero-order chi connectivity index (χ0) is 21.6. The molecule has 0 amide bonds. The maximum absolute atomic E-state index is 13.9. The number of pyridine rings is 1. The molecule has 3 N–H and O–H groups in total. The summed E-state index contributed by atoms with van der Waals surface area (Å²) in [5.41, 5.74) is 9.23. The monoisotopic (exact) mass is 406 g/mol. The summed E-state index contributed by atoms with van der Waals surface area (Å²) in [4.78, 5) is 33.1. The van der Waals surface area contributed by atoms with Crippen molar-refractivity contribution in [2.75, 3.05) is 0 Å². The average molecular weight is 406 g/mol. The van der Waals surface area contributed by atoms with Gasteiger partial charge in [0.25, 0.3) is 5.56 Å². The van der Waals surface area contributed by atoms with Crippen LogP contribution in [0.2, 0.25) is 0 Å². The number of benzene rings is 2. The number of carboxylic acid groups (broad SMARTS) is 1. The number of halogens is 1. The number of hydrogen-bond donors (Lipinski definition) is 2. The first-order valence-corrected chi connectivity index (χ1v) is 9.29. The molecule has 0 aliphatic heterocycles. The highest BCUT2D eigenvalue weighted by Gasteiger charge is 2.20. The number of nitrogens with zero attached hydrogens (tertiary/aromatic N) is 3. The van der Waals surface area contributed by atoms with E-state index in [1.54, 1.807) is 32.2 Å². The predicted octanol–water partition coefficient (Wildman–Crippen LogP) is 2.55. The topological polar surface area (TPSA) is 111 Å². The molecule has 4 aromatic rings. The summed E-state index contributed by atoms with van der Waals surface area (Å²) in [5.74, 6) is -1.50. The molecule has 0 spiro atoms. The maximum atomic E-state index is 13.9. The predicted molar refractivity (Wildman–Crippen MR) is 112 cm³/mol. The first kappa shape index (κ1) is 19.7. The number of aryl methyl sites for hydroxylation is 2. The van der Waals surface area contributed by atoms with Gasteiger partial charge in [-0.25, -0.2) is 4.39 Å². The molecule has 1 atom stereocenters. The van der Waals surface area contributed by atoms with E-state index < -0.39 is 17.8 Å². The van der Waals surface area contributed by atoms with E-state index in [1.165, 1.54) is 29.1 Å². The largest absolute Gasteiger partial charge is 0.480 e. The zero-order valence-electron chi connectivity index (χ0n) is 16.4. The van der Waals surface area contributed by atoms with E-state index in [-0.39, 0.29) is 12.0 Å². The number of fused-ring (bicyclic) bond motifs is 2. The number of carboxylic acids is 1. The minimum atomic E-state index is -1.11. The van der Waals surface area contributed by atoms with Gasteiger partial charge < -0.3 is 15.4 Å². The molecule has 8 heteroatoms. The molecule has 0 aliphatic carbocycles. The molecule has 0 radical (unpaired) electrons. The van der Waals surface area contributed by atoms with Crippen LogP contribution in [0.1, 0.15) is 11.1 Å². The smallest absolute Gasteiger partial charge is 0.320 e. The van der Waals surface area contributed by atoms with Crippen molar-refractivity contribution < 1.29 is 14.3 Å². The highest BCUT2D eigenvalue weighted by Crippen LogP contribution is 2.32. The lowest BCUT2D eigenvalue weighted by Gasteiger charge is -2.16. The number of nitrogens with two attached hydrogens (primary N) is 1. The quantitative estimate of drug-likeness (QED) is 0.539. The van der Waals surface area contributed by atoms with Crippen LogP contribution in [0.5, 0.6) is 0 Å². The second kappa shape index (κ2) is 7.31. The molecule has 2 aromatic heterocycles. The van der Waals surface area contributed by atoms with Crippen LogP contribution in [0.4, 0.5) is 4.39 Å². The van der Waals surface area contributed by atoms with Gasteiger partial charge in [0.2, 0.25) is 0 Å². The fraction of sp³-hybridized carbons (Fsp3) is 0.182. The van der Waals surface area contributed by atoms with Crippen molar-refractivity contribution in [1.29, 1.82) is 0 Å². The summed E-state index contributed by atoms with van der Waals surface area (Å²) in [6, 6.07) is 6.65. The van der Waals surface area contributed by atoms with Crippen LogP contribution in [0.25, 0.3) is 33.1 Å². The molecular weight excluding hydrogens is 387 g/mol. The van der Waals surface area contributed by atoms with Gasteiger partial charge in [0, 0.05) is 36.8 Å². The van der Waals surface area contributed by atoms with Crippen LogP contribution in [-0.2, 0) is 18.3 Å². The van der Waals surface area contributed by atoms with Crippen LogP contribution in [0.15, 0.2) is 47.5 Å². The Balaban J connectivity index is 2.03. The molecule has 7 nitrogen and oxygen atoms in total. The van der Waals surface area contributed by atoms with Crippen LogP contribution in [-0.4, -0.2) is 31.7 Å². The Kier molecular flexibility index (Phi) is 4.79. The van der Waals surface area contributed by atoms with E-state index in [0.717, 1.165) is 0 Å². The molecule has 0 bridgehead atoms. The van der Waals surface area contributed by atoms with Gasteiger partial charge in [-0.1, -0.05) is 12.1 Å². The third kappa shape index (κ3) is 3.11. The summed E-state index contributed by atoms with van der Waals surface area (Å²) in [6.07, 6.45) is 3.08. The molecule has 2 aromatic carbocycles. The van der Waals surface area contributed by atoms with Crippen molar-refractivity contribution >= 4 is 27.9 Å². The number of carbonyl (C=O) groups is 1. The fourth-order valence-corrected chi connectivity index (χ4v) is 3.79. The first-order chi connectivity index (χ1) is 14.3. The Morgan fingerprint density at radius 1 is 1.20 bits per heavy atom. The Morgan fingerprint density at radius 3 is 2.60 bits per heavy atom. The third-order valence-corrected chi connectivity index (χ3v) is 5.35. The van der Waals surface area contributed by atoms with Gasteiger partial charge in [-0.05, 0) is 36.2 Å². The molecule has 30 heavy (non-hydrogen) atoms. The Bertz CT molecular complexity index is 1380. The van der Waals surface area contributed by atoms with E-state index in [0.29, 0.717) is 44.2 Å². The van der Waals surface area contributed by atoms with Crippen LogP contribution >= 0.6 is 0 Å². The minimum absolute atomic E-state index is 0.0741. The van der Waals surface area contributed by atoms with Crippen LogP contribution in [0.3, 0.4) is 0 Å². The number of aliphatic carboxylic acids is 1. The molecule has 0 aliphatic rings. The Hall–Kier alpha value is -3.65. The van der Waals surface area contributed by atoms with Crippen molar-refractivity contribution in [3.63, 3.8) is 0 Å². The zero-order valence-corrected chi connectivity index (χ0v) is 16.4. The summed E-state index contributed by atoms with van der Waals surface area (Å²) in [5, 5.41) is 9.76. The van der Waals surface area contributed by atoms with Crippen molar-refractivity contribution in [2.45, 2.75) is 19.4 Å². The van der Waals surface area contributed by atoms with Gasteiger partial charge in [-0.2, -0.15) is 0 Å². The minimum Gasteiger partial charge on any atom is -0.480 e. The highest BCUT2D eigenvalue weighted by molar-refractivity contribution is 5.97. The van der Waals surface area contributed by atoms with E-state index in [2.05, 4.69) is 9.97 Å². The molecule has 2 heterocycles. The van der Waals surface area contributed by atoms with Gasteiger partial charge in [-0.3, -0.25) is 19.6 Å². The molecule has 4 rings (SSSR count). The van der Waals surface area contributed by atoms with Crippen molar-refractivity contribution in [1.82, 2.24) is 14.5 Å². The van der Waals surface area contributed by atoms with Gasteiger partial charge >= 0.3 is 5.97 Å². The van der Waals surface area contributed by atoms with Gasteiger partial charge in [-0.15, -0.1) is 0 Å². The van der Waals surface area contributed by atoms with E-state index in [4.69, 9.17) is 10.8 Å². The SMILES string of the molecule is Cc1c(-c2ccc(C[C@H](N)C(=O)O)c3nccnc23)c(=O)n(C)c2ccc(F)cc12. The molecule has 0 unspecified atom stereocenters. The number of rotatable bonds is 4. The summed E-state index contributed by atoms with van der Waals surface area (Å²) in [7, 11) is 1.64. The highest BCUT2D eigenvalue weighted by atomic mass is 19.1. The second-order valence-electron chi connectivity index (χ2n) is 7.20. The summed E-state index contributed by atoms with van der Waals surface area (Å²) >= 11 is 0. The van der Waals surface area contributed by atoms with E-state index in [1.807, 2.05) is 0 Å². The van der Waals surface area contributed by atoms with Crippen molar-refractivity contribution in [2.24, 2.45) is 12.8 Å². The second-order valence-corrected chi connectivity index (χ2v) is 7.20. The van der Waals surface area contributed by atoms with E-state index >= 15 is 0 Å². The standard InChI is InChI=1S/C22H19FN4O3/c1-11-15-10-13(23)4-6-17(15)27(2)21(28)18(11)14-5-3-12(9-16(24)22(29)30)19-20(14)26-8-7-25-19/h3-8,10,16H,9,24H2,1-2H3,(H,29,30)/t16-/m0/s1. The Morgan fingerprint density at radius 2 is 1.90 bits per heavy atom. The normalized spacial score (nSPS) is 12.4. The molecule has 0 saturated carbocycles. The molecule has 0 saturated heterocycles. The summed E-state index contributed by atoms with van der Waals surface area (Å²) in [6.45, 7) is 1.77. The fourth-order valence-electron chi connectivity index (χ4n) is 3.79. The number of hydrogen-bond acceptors (Lipinski definition) is 5. The first-order valence-electron chi connectivity index (χ1n) is 9.29. The lowest BCUT2D eigenvalue weighted by Crippen LogP contribution is -2.32. The van der Waals surface area contributed by atoms with Crippen molar-refractivity contribution in [3.05, 3.63) is 70.0 Å². The molecule has 152 valence electrons. The average Bonchev–Trinajstić information content (AvgIpc) is 2.73. The Labute approximate surface area is 170 Å². The lowest BCUT2D eigenvalue weighted by molar-refractivity contribution is -0.138. The maximum Gasteiger partial charge on any atom is 0.320 e. The molecule has 0 fully saturated rings. The van der Waals surface area contributed by atoms with Gasteiger partial charge in [0.1, 0.15) is 11.9 Å². The number of aromatic nitrogens is 3. The van der Waals surface area contributed by atoms with Crippen LogP contribution < -0.4 is 11.3 Å². The van der Waals surface area contributed by atoms with Gasteiger partial charge in [0.15, 0.2) is 0 Å². The van der Waals surface area contributed by atoms with Gasteiger partial charge in [0.05, 0.1) is 22.1 Å². The summed E-state index contributed by atoms with van der Waals surface area (Å²) < 4.78 is 15.4. The third-order valence-electron chi connectivity index (χ3n) is 5.35. The van der Waals surface area contributed by atoms with Crippen LogP contribution in [0, 0.1) is 12.7 Å². The van der Waals surface area contributed by atoms with E-state index in [9.17, 15) is 14.0 Å². The van der Waals surface area contributed by atoms with Crippen molar-refractivity contribution in [3.8, 4) is 11.1 Å².